The van der Waals surface area contributed by atoms with Gasteiger partial charge in [-0.2, -0.15) is 0 Å². The maximum Gasteiger partial charge on any atom is 0.191 e. The van der Waals surface area contributed by atoms with Gasteiger partial charge in [-0.3, -0.25) is 4.98 Å². The van der Waals surface area contributed by atoms with Gasteiger partial charge in [-0.25, -0.2) is 9.97 Å². The van der Waals surface area contributed by atoms with Gasteiger partial charge in [0.2, 0.25) is 0 Å². The van der Waals surface area contributed by atoms with Crippen LogP contribution >= 0.6 is 11.8 Å². The zero-order valence-electron chi connectivity index (χ0n) is 11.3. The molecule has 6 nitrogen and oxygen atoms in total. The molecule has 0 unspecified atom stereocenters. The fraction of sp³-hybridized carbons (Fsp3) is 0.308. The molecule has 0 saturated carbocycles. The van der Waals surface area contributed by atoms with Crippen molar-refractivity contribution in [2.45, 2.75) is 24.3 Å². The molecule has 0 spiro atoms. The van der Waals surface area contributed by atoms with Crippen LogP contribution in [0.3, 0.4) is 0 Å². The Bertz CT molecular complexity index is 554. The van der Waals surface area contributed by atoms with Crippen LogP contribution in [0, 0.1) is 0 Å². The summed E-state index contributed by atoms with van der Waals surface area (Å²) < 4.78 is 0. The fourth-order valence-electron chi connectivity index (χ4n) is 1.60. The summed E-state index contributed by atoms with van der Waals surface area (Å²) in [6.45, 7) is 3.08. The minimum Gasteiger partial charge on any atom is -0.385 e. The first kappa shape index (κ1) is 14.4. The highest BCUT2D eigenvalue weighted by Gasteiger charge is 2.04. The molecule has 0 radical (unpaired) electrons. The summed E-state index contributed by atoms with van der Waals surface area (Å²) in [4.78, 5) is 12.6. The summed E-state index contributed by atoms with van der Waals surface area (Å²) in [6, 6.07) is 5.52. The lowest BCUT2D eigenvalue weighted by molar-refractivity contribution is 0.974. The van der Waals surface area contributed by atoms with Gasteiger partial charge in [0, 0.05) is 30.2 Å². The van der Waals surface area contributed by atoms with Crippen LogP contribution < -0.4 is 16.8 Å². The summed E-state index contributed by atoms with van der Waals surface area (Å²) >= 11 is 1.46. The Hall–Kier alpha value is -2.02. The SMILES string of the molecule is CCCNc1ccnc(CSc2nc(N)cc(N)n2)c1. The third-order valence-electron chi connectivity index (χ3n) is 2.49. The van der Waals surface area contributed by atoms with Gasteiger partial charge in [0.1, 0.15) is 11.6 Å². The van der Waals surface area contributed by atoms with Crippen LogP contribution in [0.25, 0.3) is 0 Å². The van der Waals surface area contributed by atoms with Crippen LogP contribution in [0.4, 0.5) is 17.3 Å². The van der Waals surface area contributed by atoms with Crippen LogP contribution in [0.5, 0.6) is 0 Å². The third-order valence-corrected chi connectivity index (χ3v) is 3.37. The van der Waals surface area contributed by atoms with E-state index in [0.717, 1.165) is 24.3 Å². The number of nitrogen functional groups attached to an aromatic ring is 2. The van der Waals surface area contributed by atoms with Crippen LogP contribution in [0.2, 0.25) is 0 Å². The molecule has 0 bridgehead atoms. The average Bonchev–Trinajstić information content (AvgIpc) is 2.42. The molecule has 0 atom stereocenters. The Morgan fingerprint density at radius 3 is 2.65 bits per heavy atom. The second kappa shape index (κ2) is 6.95. The van der Waals surface area contributed by atoms with E-state index in [0.29, 0.717) is 22.5 Å². The van der Waals surface area contributed by atoms with Crippen LogP contribution in [0.15, 0.2) is 29.6 Å². The summed E-state index contributed by atoms with van der Waals surface area (Å²) in [5.74, 6) is 1.43. The summed E-state index contributed by atoms with van der Waals surface area (Å²) in [6.07, 6.45) is 2.88. The maximum atomic E-state index is 5.64. The number of nitrogens with one attached hydrogen (secondary N) is 1. The number of anilines is 3. The quantitative estimate of drug-likeness (QED) is 0.553. The molecule has 2 aromatic rings. The van der Waals surface area contributed by atoms with E-state index in [1.54, 1.807) is 6.20 Å². The molecular formula is C13H18N6S. The second-order valence-electron chi connectivity index (χ2n) is 4.25. The van der Waals surface area contributed by atoms with Crippen LogP contribution in [-0.2, 0) is 5.75 Å². The molecule has 5 N–H and O–H groups in total. The van der Waals surface area contributed by atoms with E-state index in [4.69, 9.17) is 11.5 Å². The van der Waals surface area contributed by atoms with Gasteiger partial charge >= 0.3 is 0 Å². The molecule has 0 aliphatic rings. The molecule has 2 heterocycles. The molecule has 0 aromatic carbocycles. The molecule has 7 heteroatoms. The third kappa shape index (κ3) is 4.27. The van der Waals surface area contributed by atoms with Gasteiger partial charge < -0.3 is 16.8 Å². The van der Waals surface area contributed by atoms with Gasteiger partial charge in [0.05, 0.1) is 5.69 Å². The Morgan fingerprint density at radius 1 is 1.20 bits per heavy atom. The minimum atomic E-state index is 0.381. The number of rotatable bonds is 6. The van der Waals surface area contributed by atoms with Crippen LogP contribution in [0.1, 0.15) is 19.0 Å². The van der Waals surface area contributed by atoms with Gasteiger partial charge in [0.15, 0.2) is 5.16 Å². The predicted molar refractivity (Wildman–Crippen MR) is 83.4 cm³/mol. The molecule has 106 valence electrons. The first-order valence-corrected chi connectivity index (χ1v) is 7.37. The lowest BCUT2D eigenvalue weighted by atomic mass is 10.3. The van der Waals surface area contributed by atoms with Crippen molar-refractivity contribution >= 4 is 29.1 Å². The molecule has 2 aromatic heterocycles. The monoisotopic (exact) mass is 290 g/mol. The number of hydrogen-bond donors (Lipinski definition) is 3. The van der Waals surface area contributed by atoms with Gasteiger partial charge in [-0.05, 0) is 18.6 Å². The molecule has 0 fully saturated rings. The summed E-state index contributed by atoms with van der Waals surface area (Å²) in [7, 11) is 0. The molecule has 0 amide bonds. The van der Waals surface area contributed by atoms with Gasteiger partial charge in [-0.15, -0.1) is 0 Å². The highest BCUT2D eigenvalue weighted by atomic mass is 32.2. The fourth-order valence-corrected chi connectivity index (χ4v) is 2.38. The zero-order valence-corrected chi connectivity index (χ0v) is 12.2. The molecule has 0 aliphatic carbocycles. The van der Waals surface area contributed by atoms with E-state index in [-0.39, 0.29) is 0 Å². The lowest BCUT2D eigenvalue weighted by Gasteiger charge is -2.06. The number of thioether (sulfide) groups is 1. The van der Waals surface area contributed by atoms with Crippen molar-refractivity contribution in [3.63, 3.8) is 0 Å². The van der Waals surface area contributed by atoms with Gasteiger partial charge in [0.25, 0.3) is 0 Å². The van der Waals surface area contributed by atoms with E-state index >= 15 is 0 Å². The first-order valence-electron chi connectivity index (χ1n) is 6.39. The maximum absolute atomic E-state index is 5.64. The Morgan fingerprint density at radius 2 is 1.95 bits per heavy atom. The topological polar surface area (TPSA) is 103 Å². The average molecular weight is 290 g/mol. The van der Waals surface area contributed by atoms with E-state index in [9.17, 15) is 0 Å². The van der Waals surface area contributed by atoms with Crippen molar-refractivity contribution in [1.29, 1.82) is 0 Å². The molecular weight excluding hydrogens is 272 g/mol. The number of nitrogens with zero attached hydrogens (tertiary/aromatic N) is 3. The molecule has 20 heavy (non-hydrogen) atoms. The Labute approximate surface area is 122 Å². The van der Waals surface area contributed by atoms with E-state index < -0.39 is 0 Å². The molecule has 2 rings (SSSR count). The number of aromatic nitrogens is 3. The van der Waals surface area contributed by atoms with Crippen molar-refractivity contribution in [2.75, 3.05) is 23.3 Å². The predicted octanol–water partition coefficient (Wildman–Crippen LogP) is 2.15. The first-order chi connectivity index (χ1) is 9.67. The van der Waals surface area contributed by atoms with Crippen molar-refractivity contribution in [2.24, 2.45) is 0 Å². The number of pyridine rings is 1. The molecule has 0 saturated heterocycles. The normalized spacial score (nSPS) is 10.4. The lowest BCUT2D eigenvalue weighted by Crippen LogP contribution is -2.01. The van der Waals surface area contributed by atoms with Crippen molar-refractivity contribution in [3.8, 4) is 0 Å². The number of hydrogen-bond acceptors (Lipinski definition) is 7. The number of nitrogens with two attached hydrogens (primary N) is 2. The van der Waals surface area contributed by atoms with E-state index in [1.807, 2.05) is 12.1 Å². The second-order valence-corrected chi connectivity index (χ2v) is 5.19. The highest BCUT2D eigenvalue weighted by Crippen LogP contribution is 2.21. The van der Waals surface area contributed by atoms with Gasteiger partial charge in [-0.1, -0.05) is 18.7 Å². The Balaban J connectivity index is 1.99. The standard InChI is InChI=1S/C13H18N6S/c1-2-4-16-9-3-5-17-10(6-9)8-20-13-18-11(14)7-12(15)19-13/h3,5-7H,2,4,8H2,1H3,(H,16,17)(H4,14,15,18,19). The minimum absolute atomic E-state index is 0.381. The summed E-state index contributed by atoms with van der Waals surface area (Å²) in [5.41, 5.74) is 13.3. The molecule has 0 aliphatic heterocycles. The van der Waals surface area contributed by atoms with Crippen molar-refractivity contribution in [3.05, 3.63) is 30.1 Å². The summed E-state index contributed by atoms with van der Waals surface area (Å²) in [5, 5.41) is 3.90. The van der Waals surface area contributed by atoms with Crippen LogP contribution in [-0.4, -0.2) is 21.5 Å². The smallest absolute Gasteiger partial charge is 0.191 e. The highest BCUT2D eigenvalue weighted by molar-refractivity contribution is 7.98. The Kier molecular flexibility index (Phi) is 5.00. The zero-order chi connectivity index (χ0) is 14.4. The van der Waals surface area contributed by atoms with Crippen molar-refractivity contribution in [1.82, 2.24) is 15.0 Å². The van der Waals surface area contributed by atoms with Crippen molar-refractivity contribution < 1.29 is 0 Å². The largest absolute Gasteiger partial charge is 0.385 e. The van der Waals surface area contributed by atoms with E-state index in [2.05, 4.69) is 27.2 Å². The van der Waals surface area contributed by atoms with E-state index in [1.165, 1.54) is 17.8 Å².